The van der Waals surface area contributed by atoms with E-state index in [1.54, 1.807) is 4.90 Å². The first kappa shape index (κ1) is 8.77. The molecule has 1 amide bonds. The molecule has 0 saturated carbocycles. The van der Waals surface area contributed by atoms with Crippen LogP contribution < -0.4 is 5.73 Å². The van der Waals surface area contributed by atoms with Gasteiger partial charge >= 0.3 is 6.09 Å². The van der Waals surface area contributed by atoms with Gasteiger partial charge in [0.2, 0.25) is 0 Å². The summed E-state index contributed by atoms with van der Waals surface area (Å²) in [7, 11) is 0. The standard InChI is InChI=1S/C8H14N2O3/c9-2-3-10-5-8(13-7(10)11)1-4-12-6-8/h1-6,9H2. The van der Waals surface area contributed by atoms with Gasteiger partial charge in [0.1, 0.15) is 0 Å². The van der Waals surface area contributed by atoms with Crippen molar-refractivity contribution < 1.29 is 14.3 Å². The molecule has 5 heteroatoms. The highest BCUT2D eigenvalue weighted by molar-refractivity contribution is 5.70. The topological polar surface area (TPSA) is 64.8 Å². The lowest BCUT2D eigenvalue weighted by Crippen LogP contribution is -2.36. The molecule has 1 atom stereocenters. The van der Waals surface area contributed by atoms with Crippen LogP contribution in [-0.2, 0) is 9.47 Å². The summed E-state index contributed by atoms with van der Waals surface area (Å²) in [5.74, 6) is 0. The Morgan fingerprint density at radius 2 is 2.46 bits per heavy atom. The predicted octanol–water partition coefficient (Wildman–Crippen LogP) is -0.444. The molecule has 1 spiro atoms. The van der Waals surface area contributed by atoms with E-state index in [0.717, 1.165) is 6.42 Å². The Kier molecular flexibility index (Phi) is 2.13. The van der Waals surface area contributed by atoms with Gasteiger partial charge in [-0.25, -0.2) is 4.79 Å². The first-order valence-corrected chi connectivity index (χ1v) is 4.51. The van der Waals surface area contributed by atoms with Crippen LogP contribution in [0.3, 0.4) is 0 Å². The smallest absolute Gasteiger partial charge is 0.410 e. The number of rotatable bonds is 2. The minimum absolute atomic E-state index is 0.254. The Morgan fingerprint density at radius 1 is 1.62 bits per heavy atom. The van der Waals surface area contributed by atoms with Gasteiger partial charge in [-0.2, -0.15) is 0 Å². The van der Waals surface area contributed by atoms with Gasteiger partial charge in [-0.05, 0) is 0 Å². The van der Waals surface area contributed by atoms with Gasteiger partial charge in [-0.1, -0.05) is 0 Å². The molecular formula is C8H14N2O3. The third-order valence-electron chi connectivity index (χ3n) is 2.51. The Morgan fingerprint density at radius 3 is 3.08 bits per heavy atom. The minimum Gasteiger partial charge on any atom is -0.438 e. The molecule has 0 aromatic rings. The number of nitrogens with two attached hydrogens (primary N) is 1. The van der Waals surface area contributed by atoms with Crippen LogP contribution in [0, 0.1) is 0 Å². The van der Waals surface area contributed by atoms with Crippen LogP contribution in [0.4, 0.5) is 4.79 Å². The lowest BCUT2D eigenvalue weighted by atomic mass is 10.0. The molecule has 0 aromatic carbocycles. The summed E-state index contributed by atoms with van der Waals surface area (Å²) < 4.78 is 10.5. The zero-order chi connectivity index (χ0) is 9.31. The third-order valence-corrected chi connectivity index (χ3v) is 2.51. The number of hydrogen-bond donors (Lipinski definition) is 1. The van der Waals surface area contributed by atoms with Gasteiger partial charge in [0.05, 0.1) is 19.8 Å². The molecular weight excluding hydrogens is 172 g/mol. The van der Waals surface area contributed by atoms with Crippen molar-refractivity contribution in [2.24, 2.45) is 5.73 Å². The van der Waals surface area contributed by atoms with Crippen LogP contribution in [0.25, 0.3) is 0 Å². The Hall–Kier alpha value is -0.810. The van der Waals surface area contributed by atoms with Crippen molar-refractivity contribution in [1.29, 1.82) is 0 Å². The van der Waals surface area contributed by atoms with E-state index in [2.05, 4.69) is 0 Å². The van der Waals surface area contributed by atoms with E-state index in [4.69, 9.17) is 15.2 Å². The van der Waals surface area contributed by atoms with Crippen molar-refractivity contribution in [3.63, 3.8) is 0 Å². The SMILES string of the molecule is NCCN1CC2(CCOC2)OC1=O. The number of amides is 1. The molecule has 5 nitrogen and oxygen atoms in total. The molecule has 74 valence electrons. The van der Waals surface area contributed by atoms with Crippen molar-refractivity contribution in [3.05, 3.63) is 0 Å². The number of hydrogen-bond acceptors (Lipinski definition) is 4. The molecule has 2 rings (SSSR count). The summed E-state index contributed by atoms with van der Waals surface area (Å²) in [4.78, 5) is 13.0. The fraction of sp³-hybridized carbons (Fsp3) is 0.875. The van der Waals surface area contributed by atoms with E-state index in [0.29, 0.717) is 32.8 Å². The third kappa shape index (κ3) is 1.49. The van der Waals surface area contributed by atoms with Crippen molar-refractivity contribution in [2.45, 2.75) is 12.0 Å². The summed E-state index contributed by atoms with van der Waals surface area (Å²) in [6.45, 7) is 2.89. The molecule has 13 heavy (non-hydrogen) atoms. The molecule has 0 aliphatic carbocycles. The Balaban J connectivity index is 2.01. The van der Waals surface area contributed by atoms with E-state index in [-0.39, 0.29) is 11.7 Å². The molecule has 2 aliphatic heterocycles. The lowest BCUT2D eigenvalue weighted by molar-refractivity contribution is 0.0435. The van der Waals surface area contributed by atoms with Gasteiger partial charge in [0, 0.05) is 19.5 Å². The molecule has 2 aliphatic rings. The second-order valence-corrected chi connectivity index (χ2v) is 3.56. The first-order valence-electron chi connectivity index (χ1n) is 4.51. The maximum Gasteiger partial charge on any atom is 0.410 e. The summed E-state index contributed by atoms with van der Waals surface area (Å²) in [6.07, 6.45) is 0.552. The van der Waals surface area contributed by atoms with E-state index in [1.165, 1.54) is 0 Å². The zero-order valence-electron chi connectivity index (χ0n) is 7.49. The summed E-state index contributed by atoms with van der Waals surface area (Å²) in [5, 5.41) is 0. The van der Waals surface area contributed by atoms with Crippen LogP contribution in [0.1, 0.15) is 6.42 Å². The van der Waals surface area contributed by atoms with Crippen molar-refractivity contribution in [3.8, 4) is 0 Å². The van der Waals surface area contributed by atoms with Crippen molar-refractivity contribution in [2.75, 3.05) is 32.8 Å². The average Bonchev–Trinajstić information content (AvgIpc) is 2.63. The zero-order valence-corrected chi connectivity index (χ0v) is 7.49. The van der Waals surface area contributed by atoms with E-state index in [1.807, 2.05) is 0 Å². The molecule has 2 saturated heterocycles. The van der Waals surface area contributed by atoms with Crippen LogP contribution >= 0.6 is 0 Å². The Labute approximate surface area is 76.8 Å². The highest BCUT2D eigenvalue weighted by atomic mass is 16.6. The molecule has 2 heterocycles. The maximum absolute atomic E-state index is 11.3. The molecule has 0 bridgehead atoms. The van der Waals surface area contributed by atoms with Gasteiger partial charge in [-0.3, -0.25) is 0 Å². The maximum atomic E-state index is 11.3. The van der Waals surface area contributed by atoms with Crippen LogP contribution in [0.15, 0.2) is 0 Å². The summed E-state index contributed by atoms with van der Waals surface area (Å²) in [5.41, 5.74) is 5.01. The molecule has 2 fully saturated rings. The van der Waals surface area contributed by atoms with E-state index in [9.17, 15) is 4.79 Å². The van der Waals surface area contributed by atoms with Gasteiger partial charge in [0.25, 0.3) is 0 Å². The van der Waals surface area contributed by atoms with Crippen LogP contribution in [0.2, 0.25) is 0 Å². The second kappa shape index (κ2) is 3.16. The molecule has 0 aromatic heterocycles. The number of carbonyl (C=O) groups is 1. The quantitative estimate of drug-likeness (QED) is 0.634. The fourth-order valence-corrected chi connectivity index (χ4v) is 1.81. The number of ether oxygens (including phenoxy) is 2. The number of nitrogens with zero attached hydrogens (tertiary/aromatic N) is 1. The van der Waals surface area contributed by atoms with Crippen molar-refractivity contribution in [1.82, 2.24) is 4.90 Å². The predicted molar refractivity (Wildman–Crippen MR) is 45.3 cm³/mol. The minimum atomic E-state index is -0.369. The Bertz CT molecular complexity index is 213. The normalized spacial score (nSPS) is 33.0. The van der Waals surface area contributed by atoms with E-state index < -0.39 is 0 Å². The number of carbonyl (C=O) groups excluding carboxylic acids is 1. The molecule has 2 N–H and O–H groups in total. The second-order valence-electron chi connectivity index (χ2n) is 3.56. The fourth-order valence-electron chi connectivity index (χ4n) is 1.81. The lowest BCUT2D eigenvalue weighted by Gasteiger charge is -2.17. The highest BCUT2D eigenvalue weighted by Gasteiger charge is 2.47. The highest BCUT2D eigenvalue weighted by Crippen LogP contribution is 2.30. The molecule has 1 unspecified atom stereocenters. The van der Waals surface area contributed by atoms with Gasteiger partial charge < -0.3 is 20.1 Å². The van der Waals surface area contributed by atoms with E-state index >= 15 is 0 Å². The monoisotopic (exact) mass is 186 g/mol. The van der Waals surface area contributed by atoms with Crippen LogP contribution in [-0.4, -0.2) is 49.4 Å². The average molecular weight is 186 g/mol. The summed E-state index contributed by atoms with van der Waals surface area (Å²) >= 11 is 0. The van der Waals surface area contributed by atoms with Gasteiger partial charge in [0.15, 0.2) is 5.60 Å². The van der Waals surface area contributed by atoms with Crippen LogP contribution in [0.5, 0.6) is 0 Å². The summed E-state index contributed by atoms with van der Waals surface area (Å²) in [6, 6.07) is 0. The van der Waals surface area contributed by atoms with Crippen molar-refractivity contribution >= 4 is 6.09 Å². The largest absolute Gasteiger partial charge is 0.438 e. The molecule has 0 radical (unpaired) electrons. The first-order chi connectivity index (χ1) is 6.26. The van der Waals surface area contributed by atoms with Gasteiger partial charge in [-0.15, -0.1) is 0 Å².